The van der Waals surface area contributed by atoms with E-state index in [1.165, 1.54) is 5.56 Å². The molecule has 1 aliphatic rings. The van der Waals surface area contributed by atoms with Crippen LogP contribution in [-0.4, -0.2) is 48.2 Å². The van der Waals surface area contributed by atoms with E-state index in [1.54, 1.807) is 7.11 Å². The number of nitrogens with one attached hydrogen (secondary N) is 3. The fourth-order valence-corrected chi connectivity index (χ4v) is 3.28. The highest BCUT2D eigenvalue weighted by Gasteiger charge is 2.16. The highest BCUT2D eigenvalue weighted by atomic mass is 16.5. The van der Waals surface area contributed by atoms with Crippen LogP contribution in [0.2, 0.25) is 0 Å². The molecule has 2 aromatic carbocycles. The zero-order chi connectivity index (χ0) is 20.9. The van der Waals surface area contributed by atoms with Crippen LogP contribution in [0, 0.1) is 13.8 Å². The van der Waals surface area contributed by atoms with Crippen molar-refractivity contribution in [1.82, 2.24) is 20.3 Å². The Bertz CT molecular complexity index is 1000. The molecule has 0 amide bonds. The molecule has 0 radical (unpaired) electrons. The van der Waals surface area contributed by atoms with Gasteiger partial charge in [0.2, 0.25) is 17.8 Å². The molecule has 1 saturated heterocycles. The van der Waals surface area contributed by atoms with Crippen molar-refractivity contribution in [3.63, 3.8) is 0 Å². The first kappa shape index (κ1) is 19.9. The van der Waals surface area contributed by atoms with Gasteiger partial charge in [-0.25, -0.2) is 0 Å². The van der Waals surface area contributed by atoms with Gasteiger partial charge in [-0.2, -0.15) is 15.0 Å². The number of aryl methyl sites for hydroxylation is 2. The lowest BCUT2D eigenvalue weighted by Gasteiger charge is -2.27. The van der Waals surface area contributed by atoms with Crippen LogP contribution < -0.4 is 25.6 Å². The van der Waals surface area contributed by atoms with E-state index in [1.807, 2.05) is 24.3 Å². The van der Waals surface area contributed by atoms with Crippen molar-refractivity contribution in [2.75, 3.05) is 48.8 Å². The third-order valence-electron chi connectivity index (χ3n) is 5.01. The van der Waals surface area contributed by atoms with Gasteiger partial charge in [0.05, 0.1) is 7.11 Å². The van der Waals surface area contributed by atoms with E-state index in [0.717, 1.165) is 48.9 Å². The number of benzene rings is 2. The molecule has 1 aliphatic heterocycles. The zero-order valence-electron chi connectivity index (χ0n) is 17.6. The van der Waals surface area contributed by atoms with Crippen LogP contribution in [-0.2, 0) is 0 Å². The number of aromatic nitrogens is 3. The van der Waals surface area contributed by atoms with Crippen molar-refractivity contribution < 1.29 is 4.74 Å². The lowest BCUT2D eigenvalue weighted by atomic mass is 10.1. The highest BCUT2D eigenvalue weighted by Crippen LogP contribution is 2.24. The quantitative estimate of drug-likeness (QED) is 0.575. The van der Waals surface area contributed by atoms with Gasteiger partial charge in [-0.1, -0.05) is 12.1 Å². The summed E-state index contributed by atoms with van der Waals surface area (Å²) in [6.07, 6.45) is 0. The highest BCUT2D eigenvalue weighted by molar-refractivity contribution is 5.62. The number of rotatable bonds is 6. The normalized spacial score (nSPS) is 13.8. The number of nitrogens with zero attached hydrogens (tertiary/aromatic N) is 4. The van der Waals surface area contributed by atoms with Gasteiger partial charge in [-0.05, 0) is 55.3 Å². The Morgan fingerprint density at radius 2 is 1.60 bits per heavy atom. The van der Waals surface area contributed by atoms with Crippen LogP contribution in [0.25, 0.3) is 0 Å². The minimum Gasteiger partial charge on any atom is -0.497 e. The first-order valence-corrected chi connectivity index (χ1v) is 10.1. The molecule has 3 N–H and O–H groups in total. The predicted octanol–water partition coefficient (Wildman–Crippen LogP) is 3.39. The first-order chi connectivity index (χ1) is 14.6. The van der Waals surface area contributed by atoms with Crippen LogP contribution in [0.5, 0.6) is 5.75 Å². The van der Waals surface area contributed by atoms with Crippen molar-refractivity contribution in [3.8, 4) is 5.75 Å². The molecule has 1 fully saturated rings. The summed E-state index contributed by atoms with van der Waals surface area (Å²) in [4.78, 5) is 16.2. The van der Waals surface area contributed by atoms with Gasteiger partial charge in [-0.15, -0.1) is 0 Å². The topological polar surface area (TPSA) is 87.2 Å². The summed E-state index contributed by atoms with van der Waals surface area (Å²) in [6, 6.07) is 13.9. The summed E-state index contributed by atoms with van der Waals surface area (Å²) in [7, 11) is 1.65. The molecule has 8 heteroatoms. The average Bonchev–Trinajstić information content (AvgIpc) is 2.77. The van der Waals surface area contributed by atoms with E-state index >= 15 is 0 Å². The second kappa shape index (κ2) is 8.96. The molecule has 0 aliphatic carbocycles. The van der Waals surface area contributed by atoms with Crippen LogP contribution in [0.15, 0.2) is 42.5 Å². The fourth-order valence-electron chi connectivity index (χ4n) is 3.28. The Morgan fingerprint density at radius 3 is 2.30 bits per heavy atom. The third-order valence-corrected chi connectivity index (χ3v) is 5.01. The van der Waals surface area contributed by atoms with Gasteiger partial charge in [-0.3, -0.25) is 0 Å². The molecule has 0 unspecified atom stereocenters. The predicted molar refractivity (Wildman–Crippen MR) is 120 cm³/mol. The molecule has 0 atom stereocenters. The molecule has 0 bridgehead atoms. The minimum atomic E-state index is 0.497. The van der Waals surface area contributed by atoms with E-state index in [9.17, 15) is 0 Å². The first-order valence-electron chi connectivity index (χ1n) is 10.1. The fraction of sp³-hybridized carbons (Fsp3) is 0.318. The Morgan fingerprint density at radius 1 is 0.900 bits per heavy atom. The standard InChI is InChI=1S/C22H27N7O/c1-15-4-5-16(2)19(14-15)25-21-26-20(24-17-6-8-18(30-3)9-7-17)27-22(28-21)29-12-10-23-11-13-29/h4-9,14,23H,10-13H2,1-3H3,(H2,24,25,26,27,28). The second-order valence-electron chi connectivity index (χ2n) is 7.32. The van der Waals surface area contributed by atoms with Crippen molar-refractivity contribution in [1.29, 1.82) is 0 Å². The van der Waals surface area contributed by atoms with Crippen LogP contribution in [0.3, 0.4) is 0 Å². The summed E-state index contributed by atoms with van der Waals surface area (Å²) in [5, 5.41) is 10.0. The van der Waals surface area contributed by atoms with Gasteiger partial charge in [0, 0.05) is 37.6 Å². The number of methoxy groups -OCH3 is 1. The van der Waals surface area contributed by atoms with Crippen LogP contribution in [0.1, 0.15) is 11.1 Å². The Kier molecular flexibility index (Phi) is 5.94. The molecule has 8 nitrogen and oxygen atoms in total. The molecule has 1 aromatic heterocycles. The summed E-state index contributed by atoms with van der Waals surface area (Å²) >= 11 is 0. The van der Waals surface area contributed by atoms with Gasteiger partial charge < -0.3 is 25.6 Å². The van der Waals surface area contributed by atoms with Crippen molar-refractivity contribution in [3.05, 3.63) is 53.6 Å². The monoisotopic (exact) mass is 405 g/mol. The summed E-state index contributed by atoms with van der Waals surface area (Å²) in [5.41, 5.74) is 4.18. The maximum atomic E-state index is 5.23. The van der Waals surface area contributed by atoms with Crippen LogP contribution in [0.4, 0.5) is 29.2 Å². The lowest BCUT2D eigenvalue weighted by molar-refractivity contribution is 0.415. The Labute approximate surface area is 176 Å². The van der Waals surface area contributed by atoms with E-state index in [-0.39, 0.29) is 0 Å². The van der Waals surface area contributed by atoms with Crippen molar-refractivity contribution in [2.45, 2.75) is 13.8 Å². The third kappa shape index (κ3) is 4.77. The van der Waals surface area contributed by atoms with Crippen LogP contribution >= 0.6 is 0 Å². The van der Waals surface area contributed by atoms with Gasteiger partial charge >= 0.3 is 0 Å². The van der Waals surface area contributed by atoms with Gasteiger partial charge in [0.25, 0.3) is 0 Å². The SMILES string of the molecule is COc1ccc(Nc2nc(Nc3cc(C)ccc3C)nc(N3CCNCC3)n2)cc1. The van der Waals surface area contributed by atoms with E-state index in [2.05, 4.69) is 62.9 Å². The molecular formula is C22H27N7O. The summed E-state index contributed by atoms with van der Waals surface area (Å²) in [5.74, 6) is 2.48. The Balaban J connectivity index is 1.65. The number of anilines is 5. The van der Waals surface area contributed by atoms with Gasteiger partial charge in [0.1, 0.15) is 5.75 Å². The number of piperazine rings is 1. The largest absolute Gasteiger partial charge is 0.497 e. The van der Waals surface area contributed by atoms with Gasteiger partial charge in [0.15, 0.2) is 0 Å². The maximum Gasteiger partial charge on any atom is 0.233 e. The van der Waals surface area contributed by atoms with Crippen molar-refractivity contribution in [2.24, 2.45) is 0 Å². The molecule has 156 valence electrons. The van der Waals surface area contributed by atoms with E-state index in [0.29, 0.717) is 17.8 Å². The van der Waals surface area contributed by atoms with E-state index < -0.39 is 0 Å². The lowest BCUT2D eigenvalue weighted by Crippen LogP contribution is -2.44. The maximum absolute atomic E-state index is 5.23. The second-order valence-corrected chi connectivity index (χ2v) is 7.32. The molecule has 2 heterocycles. The molecule has 30 heavy (non-hydrogen) atoms. The number of hydrogen-bond donors (Lipinski definition) is 3. The summed E-state index contributed by atoms with van der Waals surface area (Å²) < 4.78 is 5.23. The number of ether oxygens (including phenoxy) is 1. The smallest absolute Gasteiger partial charge is 0.233 e. The van der Waals surface area contributed by atoms with Crippen molar-refractivity contribution >= 4 is 29.2 Å². The average molecular weight is 406 g/mol. The zero-order valence-corrected chi connectivity index (χ0v) is 17.6. The summed E-state index contributed by atoms with van der Waals surface area (Å²) in [6.45, 7) is 7.67. The number of hydrogen-bond acceptors (Lipinski definition) is 8. The molecule has 0 saturated carbocycles. The van der Waals surface area contributed by atoms with E-state index in [4.69, 9.17) is 9.72 Å². The molecule has 3 aromatic rings. The Hall–Kier alpha value is -3.39. The molecule has 4 rings (SSSR count). The minimum absolute atomic E-state index is 0.497. The molecule has 0 spiro atoms. The molecular weight excluding hydrogens is 378 g/mol.